The summed E-state index contributed by atoms with van der Waals surface area (Å²) in [5.41, 5.74) is 0. The van der Waals surface area contributed by atoms with Crippen LogP contribution in [0.25, 0.3) is 0 Å². The molecule has 0 aromatic heterocycles. The highest BCUT2D eigenvalue weighted by Crippen LogP contribution is 1.51. The Morgan fingerprint density at radius 1 is 1.14 bits per heavy atom. The third kappa shape index (κ3) is 419000. The van der Waals surface area contributed by atoms with Gasteiger partial charge in [-0.25, -0.2) is 0 Å². The van der Waals surface area contributed by atoms with Crippen LogP contribution in [0, 0.1) is 0 Å². The fourth-order valence-corrected chi connectivity index (χ4v) is 0. The highest BCUT2D eigenvalue weighted by atomic mass is 16.4. The van der Waals surface area contributed by atoms with Gasteiger partial charge < -0.3 is 10.0 Å². The molecule has 2 nitrogen and oxygen atoms in total. The largest absolute Gasteiger partial charge is 0.448 e. The maximum Gasteiger partial charge on any atom is 0.448 e. The maximum absolute atomic E-state index is 7.61. The highest BCUT2D eigenvalue weighted by molar-refractivity contribution is 6.38. The van der Waals surface area contributed by atoms with Crippen molar-refractivity contribution in [3.63, 3.8) is 0 Å². The molecule has 0 atom stereocenters. The summed E-state index contributed by atoms with van der Waals surface area (Å²) in [7, 11) is -1.17. The minimum atomic E-state index is -1.17. The average molecular weight is 106 g/mol. The van der Waals surface area contributed by atoms with Crippen LogP contribution in [0.3, 0.4) is 0 Å². The predicted molar refractivity (Wildman–Crippen MR) is 34.1 cm³/mol. The van der Waals surface area contributed by atoms with E-state index in [-0.39, 0.29) is 7.43 Å². The molecule has 0 heterocycles. The normalized spacial score (nSPS) is 4.71. The Bertz CT molecular complexity index is 14.4. The monoisotopic (exact) mass is 106 g/mol. The molecular formula is C4H15BO2. The first-order valence-electron chi connectivity index (χ1n) is 2.09. The van der Waals surface area contributed by atoms with Crippen LogP contribution in [0.4, 0.5) is 0 Å². The third-order valence-corrected chi connectivity index (χ3v) is 0. The Hall–Kier alpha value is -0.0151. The minimum Gasteiger partial charge on any atom is -0.427 e. The van der Waals surface area contributed by atoms with E-state index < -0.39 is 7.12 Å². The van der Waals surface area contributed by atoms with Gasteiger partial charge in [0.1, 0.15) is 0 Å². The molecule has 0 aliphatic rings. The lowest BCUT2D eigenvalue weighted by atomic mass is 9.99. The summed E-state index contributed by atoms with van der Waals surface area (Å²) in [6.45, 7) is 5.28. The van der Waals surface area contributed by atoms with Gasteiger partial charge >= 0.3 is 7.12 Å². The van der Waals surface area contributed by atoms with Crippen molar-refractivity contribution in [2.24, 2.45) is 0 Å². The first-order chi connectivity index (χ1) is 2.73. The van der Waals surface area contributed by atoms with Gasteiger partial charge in [-0.05, 0) is 6.82 Å². The molecule has 0 aliphatic heterocycles. The molecule has 0 bridgehead atoms. The third-order valence-electron chi connectivity index (χ3n) is 0. The van der Waals surface area contributed by atoms with Gasteiger partial charge in [0.15, 0.2) is 0 Å². The topological polar surface area (TPSA) is 40.5 Å². The maximum atomic E-state index is 7.61. The molecule has 0 radical (unpaired) electrons. The SMILES string of the molecule is C.CB(O)O.CC. The van der Waals surface area contributed by atoms with Crippen LogP contribution in [-0.4, -0.2) is 17.2 Å². The Balaban J connectivity index is -0.0000000480. The van der Waals surface area contributed by atoms with Crippen molar-refractivity contribution < 1.29 is 10.0 Å². The Labute approximate surface area is 46.3 Å². The lowest BCUT2D eigenvalue weighted by Gasteiger charge is -1.71. The van der Waals surface area contributed by atoms with E-state index in [1.165, 1.54) is 6.82 Å². The zero-order chi connectivity index (χ0) is 5.58. The lowest BCUT2D eigenvalue weighted by Crippen LogP contribution is -2.00. The van der Waals surface area contributed by atoms with Crippen molar-refractivity contribution in [2.75, 3.05) is 0 Å². The van der Waals surface area contributed by atoms with E-state index in [1.54, 1.807) is 0 Å². The molecular weight excluding hydrogens is 90.9 g/mol. The van der Waals surface area contributed by atoms with Crippen molar-refractivity contribution >= 4 is 7.12 Å². The van der Waals surface area contributed by atoms with Gasteiger partial charge in [-0.2, -0.15) is 0 Å². The Morgan fingerprint density at radius 3 is 1.14 bits per heavy atom. The minimum absolute atomic E-state index is 0. The summed E-state index contributed by atoms with van der Waals surface area (Å²) in [5.74, 6) is 0. The van der Waals surface area contributed by atoms with Crippen LogP contribution < -0.4 is 0 Å². The number of rotatable bonds is 0. The molecule has 0 unspecified atom stereocenters. The smallest absolute Gasteiger partial charge is 0.427 e. The predicted octanol–water partition coefficient (Wildman–Crippen LogP) is 0.751. The second-order valence-corrected chi connectivity index (χ2v) is 0.632. The van der Waals surface area contributed by atoms with Crippen molar-refractivity contribution in [3.05, 3.63) is 0 Å². The van der Waals surface area contributed by atoms with E-state index in [9.17, 15) is 0 Å². The quantitative estimate of drug-likeness (QED) is 0.447. The molecule has 0 spiro atoms. The van der Waals surface area contributed by atoms with Gasteiger partial charge in [-0.15, -0.1) is 0 Å². The Kier molecular flexibility index (Phi) is 37.6. The van der Waals surface area contributed by atoms with Crippen molar-refractivity contribution in [1.29, 1.82) is 0 Å². The molecule has 46 valence electrons. The molecule has 0 aromatic carbocycles. The van der Waals surface area contributed by atoms with Crippen LogP contribution in [0.15, 0.2) is 0 Å². The molecule has 0 fully saturated rings. The van der Waals surface area contributed by atoms with Crippen LogP contribution >= 0.6 is 0 Å². The van der Waals surface area contributed by atoms with Gasteiger partial charge in [0.25, 0.3) is 0 Å². The highest BCUT2D eigenvalue weighted by Gasteiger charge is 1.86. The summed E-state index contributed by atoms with van der Waals surface area (Å²) in [6.07, 6.45) is 0. The Morgan fingerprint density at radius 2 is 1.14 bits per heavy atom. The van der Waals surface area contributed by atoms with E-state index in [0.717, 1.165) is 0 Å². The first kappa shape index (κ1) is 15.8. The van der Waals surface area contributed by atoms with Crippen molar-refractivity contribution in [1.82, 2.24) is 0 Å². The van der Waals surface area contributed by atoms with Crippen LogP contribution in [0.2, 0.25) is 6.82 Å². The van der Waals surface area contributed by atoms with E-state index >= 15 is 0 Å². The number of hydrogen-bond acceptors (Lipinski definition) is 2. The zero-order valence-electron chi connectivity index (χ0n) is 4.47. The molecule has 3 heteroatoms. The molecule has 0 saturated heterocycles. The van der Waals surface area contributed by atoms with E-state index in [2.05, 4.69) is 0 Å². The van der Waals surface area contributed by atoms with Gasteiger partial charge in [-0.3, -0.25) is 0 Å². The van der Waals surface area contributed by atoms with Gasteiger partial charge in [0.2, 0.25) is 0 Å². The molecule has 0 rings (SSSR count). The molecule has 0 aliphatic carbocycles. The zero-order valence-corrected chi connectivity index (χ0v) is 4.47. The second-order valence-electron chi connectivity index (χ2n) is 0.632. The standard InChI is InChI=1S/C2H6.CH5BO2.CH4/c1-2;1-2(3)4;/h1-2H3;3-4H,1H3;1H4. The van der Waals surface area contributed by atoms with Crippen LogP contribution in [0.5, 0.6) is 0 Å². The molecule has 2 N–H and O–H groups in total. The van der Waals surface area contributed by atoms with Gasteiger partial charge in [0.05, 0.1) is 0 Å². The average Bonchev–Trinajstić information content (AvgIpc) is 1.41. The summed E-state index contributed by atoms with van der Waals surface area (Å²) in [6, 6.07) is 0. The molecule has 0 aromatic rings. The summed E-state index contributed by atoms with van der Waals surface area (Å²) < 4.78 is 0. The lowest BCUT2D eigenvalue weighted by molar-refractivity contribution is 0.417. The van der Waals surface area contributed by atoms with Crippen molar-refractivity contribution in [3.8, 4) is 0 Å². The first-order valence-corrected chi connectivity index (χ1v) is 2.09. The van der Waals surface area contributed by atoms with Crippen LogP contribution in [0.1, 0.15) is 21.3 Å². The summed E-state index contributed by atoms with van der Waals surface area (Å²) >= 11 is 0. The van der Waals surface area contributed by atoms with Gasteiger partial charge in [-0.1, -0.05) is 21.3 Å². The summed E-state index contributed by atoms with van der Waals surface area (Å²) in [5, 5.41) is 15.2. The van der Waals surface area contributed by atoms with E-state index in [1.807, 2.05) is 13.8 Å². The van der Waals surface area contributed by atoms with Crippen LogP contribution in [-0.2, 0) is 0 Å². The molecule has 0 amide bonds. The molecule has 7 heavy (non-hydrogen) atoms. The van der Waals surface area contributed by atoms with E-state index in [4.69, 9.17) is 10.0 Å². The van der Waals surface area contributed by atoms with Crippen molar-refractivity contribution in [2.45, 2.75) is 28.1 Å². The summed E-state index contributed by atoms with van der Waals surface area (Å²) in [4.78, 5) is 0. The fraction of sp³-hybridized carbons (Fsp3) is 1.00. The second kappa shape index (κ2) is 16.7. The number of hydrogen-bond donors (Lipinski definition) is 2. The van der Waals surface area contributed by atoms with Gasteiger partial charge in [0, 0.05) is 0 Å². The fourth-order valence-electron chi connectivity index (χ4n) is 0. The van der Waals surface area contributed by atoms with E-state index in [0.29, 0.717) is 0 Å². The molecule has 0 saturated carbocycles.